The Labute approximate surface area is 110 Å². The van der Waals surface area contributed by atoms with Gasteiger partial charge in [0.15, 0.2) is 5.78 Å². The number of rotatable bonds is 5. The highest BCUT2D eigenvalue weighted by molar-refractivity contribution is 6.02. The number of hydrogen-bond acceptors (Lipinski definition) is 3. The Kier molecular flexibility index (Phi) is 4.91. The van der Waals surface area contributed by atoms with Gasteiger partial charge in [-0.25, -0.2) is 0 Å². The van der Waals surface area contributed by atoms with E-state index in [1.807, 2.05) is 40.7 Å². The van der Waals surface area contributed by atoms with Crippen LogP contribution in [0.25, 0.3) is 0 Å². The van der Waals surface area contributed by atoms with Crippen molar-refractivity contribution in [3.8, 4) is 5.75 Å². The molecule has 100 valence electrons. The molecule has 0 amide bonds. The molecule has 0 aliphatic heterocycles. The third kappa shape index (κ3) is 3.10. The maximum Gasteiger partial charge on any atom is 0.180 e. The van der Waals surface area contributed by atoms with E-state index in [0.29, 0.717) is 23.9 Å². The molecule has 0 bridgehead atoms. The molecule has 1 N–H and O–H groups in total. The predicted molar refractivity (Wildman–Crippen MR) is 74.7 cm³/mol. The van der Waals surface area contributed by atoms with Gasteiger partial charge >= 0.3 is 0 Å². The molecule has 0 aromatic heterocycles. The van der Waals surface area contributed by atoms with Crippen LogP contribution in [0.5, 0.6) is 5.75 Å². The van der Waals surface area contributed by atoms with Crippen molar-refractivity contribution in [2.45, 2.75) is 40.7 Å². The lowest BCUT2D eigenvalue weighted by molar-refractivity contribution is 0.0985. The normalized spacial score (nSPS) is 10.8. The molecule has 0 aliphatic rings. The summed E-state index contributed by atoms with van der Waals surface area (Å²) < 4.78 is 5.42. The summed E-state index contributed by atoms with van der Waals surface area (Å²) in [5, 5.41) is 3.15. The van der Waals surface area contributed by atoms with Crippen LogP contribution in [0.3, 0.4) is 0 Å². The van der Waals surface area contributed by atoms with Gasteiger partial charge < -0.3 is 10.1 Å². The maximum absolute atomic E-state index is 12.3. The molecule has 3 heteroatoms. The van der Waals surface area contributed by atoms with Crippen LogP contribution >= 0.6 is 0 Å². The fourth-order valence-electron chi connectivity index (χ4n) is 2.04. The molecule has 3 nitrogen and oxygen atoms in total. The van der Waals surface area contributed by atoms with Gasteiger partial charge in [-0.2, -0.15) is 0 Å². The molecular weight excluding hydrogens is 226 g/mol. The number of methoxy groups -OCH3 is 1. The predicted octanol–water partition coefficient (Wildman–Crippen LogP) is 2.80. The summed E-state index contributed by atoms with van der Waals surface area (Å²) in [6, 6.07) is 2.34. The minimum absolute atomic E-state index is 0.0844. The van der Waals surface area contributed by atoms with E-state index < -0.39 is 0 Å². The molecule has 1 rings (SSSR count). The second kappa shape index (κ2) is 6.01. The van der Waals surface area contributed by atoms with Crippen LogP contribution in [0.1, 0.15) is 40.9 Å². The second-order valence-corrected chi connectivity index (χ2v) is 5.00. The lowest BCUT2D eigenvalue weighted by atomic mass is 9.96. The van der Waals surface area contributed by atoms with E-state index in [2.05, 4.69) is 5.32 Å². The van der Waals surface area contributed by atoms with Crippen molar-refractivity contribution >= 4 is 5.78 Å². The van der Waals surface area contributed by atoms with Gasteiger partial charge in [-0.05, 0) is 37.5 Å². The molecule has 0 atom stereocenters. The SMILES string of the molecule is COc1c(C)c(C)cc(C)c1C(=O)CNC(C)C. The number of ketones is 1. The molecule has 1 aromatic rings. The van der Waals surface area contributed by atoms with Gasteiger partial charge in [-0.15, -0.1) is 0 Å². The minimum Gasteiger partial charge on any atom is -0.496 e. The van der Waals surface area contributed by atoms with Gasteiger partial charge in [-0.3, -0.25) is 4.79 Å². The molecule has 1 aromatic carbocycles. The van der Waals surface area contributed by atoms with E-state index >= 15 is 0 Å². The molecule has 0 aliphatic carbocycles. The van der Waals surface area contributed by atoms with Crippen molar-refractivity contribution in [2.75, 3.05) is 13.7 Å². The molecule has 0 saturated carbocycles. The standard InChI is InChI=1S/C15H23NO2/c1-9(2)16-8-13(17)14-11(4)7-10(3)12(5)15(14)18-6/h7,9,16H,8H2,1-6H3. The van der Waals surface area contributed by atoms with Crippen molar-refractivity contribution in [1.82, 2.24) is 5.32 Å². The fraction of sp³-hybridized carbons (Fsp3) is 0.533. The van der Waals surface area contributed by atoms with Crippen molar-refractivity contribution in [1.29, 1.82) is 0 Å². The summed E-state index contributed by atoms with van der Waals surface area (Å²) in [5.41, 5.74) is 3.87. The number of carbonyl (C=O) groups excluding carboxylic acids is 1. The van der Waals surface area contributed by atoms with Crippen LogP contribution in [0, 0.1) is 20.8 Å². The zero-order chi connectivity index (χ0) is 13.9. The van der Waals surface area contributed by atoms with Crippen molar-refractivity contribution in [2.24, 2.45) is 0 Å². The first kappa shape index (κ1) is 14.7. The molecular formula is C15H23NO2. The topological polar surface area (TPSA) is 38.3 Å². The third-order valence-corrected chi connectivity index (χ3v) is 3.14. The maximum atomic E-state index is 12.3. The second-order valence-electron chi connectivity index (χ2n) is 5.00. The quantitative estimate of drug-likeness (QED) is 0.815. The number of hydrogen-bond donors (Lipinski definition) is 1. The zero-order valence-electron chi connectivity index (χ0n) is 12.2. The Bertz CT molecular complexity index is 450. The van der Waals surface area contributed by atoms with Crippen molar-refractivity contribution in [3.05, 3.63) is 28.3 Å². The number of carbonyl (C=O) groups is 1. The van der Waals surface area contributed by atoms with Crippen molar-refractivity contribution in [3.63, 3.8) is 0 Å². The molecule has 0 heterocycles. The first-order chi connectivity index (χ1) is 8.38. The van der Waals surface area contributed by atoms with E-state index in [1.54, 1.807) is 7.11 Å². The Hall–Kier alpha value is -1.35. The Balaban J connectivity index is 3.15. The van der Waals surface area contributed by atoms with Crippen molar-refractivity contribution < 1.29 is 9.53 Å². The molecule has 18 heavy (non-hydrogen) atoms. The molecule has 0 spiro atoms. The smallest absolute Gasteiger partial charge is 0.180 e. The molecule has 0 unspecified atom stereocenters. The van der Waals surface area contributed by atoms with E-state index in [0.717, 1.165) is 16.7 Å². The zero-order valence-corrected chi connectivity index (χ0v) is 12.2. The van der Waals surface area contributed by atoms with Gasteiger partial charge in [0, 0.05) is 6.04 Å². The van der Waals surface area contributed by atoms with Crippen LogP contribution in [0.15, 0.2) is 6.07 Å². The lowest BCUT2D eigenvalue weighted by Crippen LogP contribution is -2.29. The largest absolute Gasteiger partial charge is 0.496 e. The summed E-state index contributed by atoms with van der Waals surface area (Å²) in [5.74, 6) is 0.796. The van der Waals surface area contributed by atoms with E-state index in [-0.39, 0.29) is 5.78 Å². The van der Waals surface area contributed by atoms with Gasteiger partial charge in [0.05, 0.1) is 19.2 Å². The van der Waals surface area contributed by atoms with E-state index in [9.17, 15) is 4.79 Å². The highest BCUT2D eigenvalue weighted by Gasteiger charge is 2.18. The first-order valence-corrected chi connectivity index (χ1v) is 6.29. The summed E-state index contributed by atoms with van der Waals surface area (Å²) in [6.07, 6.45) is 0. The number of aryl methyl sites for hydroxylation is 2. The summed E-state index contributed by atoms with van der Waals surface area (Å²) in [6.45, 7) is 10.4. The highest BCUT2D eigenvalue weighted by Crippen LogP contribution is 2.29. The minimum atomic E-state index is 0.0844. The monoisotopic (exact) mass is 249 g/mol. The highest BCUT2D eigenvalue weighted by atomic mass is 16.5. The first-order valence-electron chi connectivity index (χ1n) is 6.29. The van der Waals surface area contributed by atoms with Crippen LogP contribution in [-0.4, -0.2) is 25.5 Å². The number of Topliss-reactive ketones (excluding diaryl/α,β-unsaturated/α-hetero) is 1. The number of ether oxygens (including phenoxy) is 1. The van der Waals surface area contributed by atoms with Crippen LogP contribution < -0.4 is 10.1 Å². The van der Waals surface area contributed by atoms with Gasteiger partial charge in [0.2, 0.25) is 0 Å². The Morgan fingerprint density at radius 2 is 1.89 bits per heavy atom. The molecule has 0 radical (unpaired) electrons. The Morgan fingerprint density at radius 1 is 1.28 bits per heavy atom. The molecule has 0 fully saturated rings. The van der Waals surface area contributed by atoms with Crippen LogP contribution in [0.2, 0.25) is 0 Å². The van der Waals surface area contributed by atoms with Gasteiger partial charge in [0.25, 0.3) is 0 Å². The molecule has 0 saturated heterocycles. The summed E-state index contributed by atoms with van der Waals surface area (Å²) in [7, 11) is 1.62. The summed E-state index contributed by atoms with van der Waals surface area (Å²) in [4.78, 5) is 12.3. The average molecular weight is 249 g/mol. The fourth-order valence-corrected chi connectivity index (χ4v) is 2.04. The van der Waals surface area contributed by atoms with Gasteiger partial charge in [0.1, 0.15) is 5.75 Å². The lowest BCUT2D eigenvalue weighted by Gasteiger charge is -2.16. The Morgan fingerprint density at radius 3 is 2.39 bits per heavy atom. The van der Waals surface area contributed by atoms with Gasteiger partial charge in [-0.1, -0.05) is 19.9 Å². The number of nitrogens with one attached hydrogen (secondary N) is 1. The van der Waals surface area contributed by atoms with E-state index in [1.165, 1.54) is 0 Å². The third-order valence-electron chi connectivity index (χ3n) is 3.14. The summed E-state index contributed by atoms with van der Waals surface area (Å²) >= 11 is 0. The van der Waals surface area contributed by atoms with Crippen LogP contribution in [0.4, 0.5) is 0 Å². The average Bonchev–Trinajstić information content (AvgIpc) is 2.30. The number of benzene rings is 1. The van der Waals surface area contributed by atoms with E-state index in [4.69, 9.17) is 4.74 Å². The van der Waals surface area contributed by atoms with Crippen LogP contribution in [-0.2, 0) is 0 Å².